The van der Waals surface area contributed by atoms with Crippen molar-refractivity contribution >= 4 is 29.3 Å². The Hall–Kier alpha value is -2.10. The first kappa shape index (κ1) is 34.8. The Balaban J connectivity index is 1.80. The lowest BCUT2D eigenvalue weighted by Gasteiger charge is -2.43. The highest BCUT2D eigenvalue weighted by Gasteiger charge is 2.63. The molecule has 3 aliphatic rings. The van der Waals surface area contributed by atoms with Crippen molar-refractivity contribution in [2.24, 2.45) is 5.41 Å². The molecule has 1 aromatic rings. The van der Waals surface area contributed by atoms with Crippen LogP contribution in [-0.2, 0) is 19.8 Å². The number of likely N-dealkylation sites (N-methyl/N-ethyl adjacent to an activating group) is 2. The lowest BCUT2D eigenvalue weighted by atomic mass is 9.77. The van der Waals surface area contributed by atoms with E-state index in [1.807, 2.05) is 59.0 Å². The summed E-state index contributed by atoms with van der Waals surface area (Å²) in [7, 11) is 1.84. The van der Waals surface area contributed by atoms with Gasteiger partial charge in [0.1, 0.15) is 12.0 Å². The van der Waals surface area contributed by atoms with E-state index in [0.717, 1.165) is 12.1 Å². The number of likely N-dealkylation sites (tertiary alicyclic amines) is 2. The first-order chi connectivity index (χ1) is 20.2. The molecule has 246 valence electrons. The van der Waals surface area contributed by atoms with E-state index < -0.39 is 28.8 Å². The number of quaternary nitrogens is 1. The molecule has 1 unspecified atom stereocenters. The van der Waals surface area contributed by atoms with Gasteiger partial charge in [-0.2, -0.15) is 0 Å². The van der Waals surface area contributed by atoms with Crippen LogP contribution in [0.2, 0.25) is 5.02 Å². The molecule has 2 saturated heterocycles. The number of hydrogen-bond acceptors (Lipinski definition) is 4. The predicted molar refractivity (Wildman–Crippen MR) is 170 cm³/mol. The third-order valence-corrected chi connectivity index (χ3v) is 10.5. The molecule has 3 fully saturated rings. The average Bonchev–Trinajstić information content (AvgIpc) is 3.53. The van der Waals surface area contributed by atoms with Gasteiger partial charge in [0.2, 0.25) is 11.8 Å². The van der Waals surface area contributed by atoms with Crippen molar-refractivity contribution in [2.75, 3.05) is 33.2 Å². The van der Waals surface area contributed by atoms with Crippen LogP contribution in [0.15, 0.2) is 24.3 Å². The van der Waals surface area contributed by atoms with Crippen LogP contribution in [-0.4, -0.2) is 94.8 Å². The molecule has 0 bridgehead atoms. The van der Waals surface area contributed by atoms with Crippen LogP contribution in [0, 0.1) is 5.41 Å². The number of hydrogen-bond donors (Lipinski definition) is 1. The molecule has 1 aliphatic carbocycles. The highest BCUT2D eigenvalue weighted by Crippen LogP contribution is 2.45. The van der Waals surface area contributed by atoms with Crippen LogP contribution in [0.4, 0.5) is 8.78 Å². The van der Waals surface area contributed by atoms with Crippen LogP contribution in [0.25, 0.3) is 0 Å². The van der Waals surface area contributed by atoms with E-state index >= 15 is 4.79 Å². The summed E-state index contributed by atoms with van der Waals surface area (Å²) in [4.78, 5) is 47.2. The highest BCUT2D eigenvalue weighted by molar-refractivity contribution is 6.30. The summed E-state index contributed by atoms with van der Waals surface area (Å²) in [6.45, 7) is 15.7. The SMILES string of the molecule is CCNC(=O)[C@@H]1C[C@@H](N(C(=O)C(C)(C)C)C2CCC(F)(F)CC2)C[N+]1(C)C(=O)[C@]1(c2ccc(Cl)cc2)CCN(C(C)(C)C)C1. The predicted octanol–water partition coefficient (Wildman–Crippen LogP) is 5.78. The zero-order valence-corrected chi connectivity index (χ0v) is 28.6. The first-order valence-corrected chi connectivity index (χ1v) is 16.5. The molecule has 44 heavy (non-hydrogen) atoms. The average molecular weight is 638 g/mol. The highest BCUT2D eigenvalue weighted by atomic mass is 35.5. The van der Waals surface area contributed by atoms with Gasteiger partial charge in [-0.1, -0.05) is 44.5 Å². The summed E-state index contributed by atoms with van der Waals surface area (Å²) >= 11 is 6.27. The van der Waals surface area contributed by atoms with E-state index in [4.69, 9.17) is 11.6 Å². The molecule has 0 radical (unpaired) electrons. The lowest BCUT2D eigenvalue weighted by molar-refractivity contribution is -0.840. The molecule has 0 spiro atoms. The van der Waals surface area contributed by atoms with E-state index in [2.05, 4.69) is 31.0 Å². The smallest absolute Gasteiger partial charge is 0.326 e. The Kier molecular flexibility index (Phi) is 9.68. The molecular formula is C34H52ClF2N4O3+. The zero-order chi connectivity index (χ0) is 32.9. The number of carbonyl (C=O) groups excluding carboxylic acids is 3. The van der Waals surface area contributed by atoms with Crippen LogP contribution >= 0.6 is 11.6 Å². The van der Waals surface area contributed by atoms with E-state index in [-0.39, 0.29) is 66.0 Å². The van der Waals surface area contributed by atoms with Crippen molar-refractivity contribution < 1.29 is 27.6 Å². The maximum atomic E-state index is 15.3. The maximum Gasteiger partial charge on any atom is 0.326 e. The molecular weight excluding hydrogens is 586 g/mol. The van der Waals surface area contributed by atoms with Crippen molar-refractivity contribution in [3.8, 4) is 0 Å². The van der Waals surface area contributed by atoms with Gasteiger partial charge in [-0.15, -0.1) is 0 Å². The Morgan fingerprint density at radius 3 is 2.11 bits per heavy atom. The largest absolute Gasteiger partial charge is 0.351 e. The molecule has 1 aromatic carbocycles. The van der Waals surface area contributed by atoms with Gasteiger partial charge >= 0.3 is 5.91 Å². The van der Waals surface area contributed by atoms with E-state index in [1.54, 1.807) is 4.90 Å². The second-order valence-corrected chi connectivity index (χ2v) is 16.0. The number of nitrogens with one attached hydrogen (secondary N) is 1. The van der Waals surface area contributed by atoms with Crippen molar-refractivity contribution in [3.63, 3.8) is 0 Å². The molecule has 2 aliphatic heterocycles. The quantitative estimate of drug-likeness (QED) is 0.401. The molecule has 1 N–H and O–H groups in total. The monoisotopic (exact) mass is 637 g/mol. The maximum absolute atomic E-state index is 15.3. The summed E-state index contributed by atoms with van der Waals surface area (Å²) in [6, 6.07) is 5.93. The standard InChI is InChI=1S/C34H51ClF2N4O3/c1-9-38-28(42)27-20-26(40(29(43)31(2,3)4)25-14-16-34(36,37)17-15-25)21-41(27,8)30(44)33(23-10-12-24(35)13-11-23)18-19-39(22-33)32(5,6)7/h10-13,25-27H,9,14-22H2,1-8H3/p+1/t26-,27+,33-,41?/m1/s1. The van der Waals surface area contributed by atoms with Crippen LogP contribution in [0.3, 0.4) is 0 Å². The Bertz CT molecular complexity index is 1230. The van der Waals surface area contributed by atoms with Gasteiger partial charge in [0, 0.05) is 60.9 Å². The fourth-order valence-corrected chi connectivity index (χ4v) is 7.83. The number of halogens is 3. The number of alkyl halides is 2. The third kappa shape index (κ3) is 6.70. The van der Waals surface area contributed by atoms with Crippen molar-refractivity contribution in [1.82, 2.24) is 15.1 Å². The summed E-state index contributed by atoms with van der Waals surface area (Å²) < 4.78 is 28.3. The molecule has 4 atom stereocenters. The molecule has 7 nitrogen and oxygen atoms in total. The van der Waals surface area contributed by atoms with E-state index in [0.29, 0.717) is 31.0 Å². The Morgan fingerprint density at radius 1 is 1.02 bits per heavy atom. The second kappa shape index (κ2) is 12.3. The van der Waals surface area contributed by atoms with Gasteiger partial charge in [0.25, 0.3) is 5.91 Å². The lowest BCUT2D eigenvalue weighted by Crippen LogP contribution is -2.65. The van der Waals surface area contributed by atoms with Crippen molar-refractivity contribution in [2.45, 2.75) is 122 Å². The minimum Gasteiger partial charge on any atom is -0.351 e. The summed E-state index contributed by atoms with van der Waals surface area (Å²) in [5.74, 6) is -3.13. The number of benzene rings is 1. The van der Waals surface area contributed by atoms with Gasteiger partial charge in [-0.05, 0) is 64.7 Å². The van der Waals surface area contributed by atoms with Gasteiger partial charge in [-0.25, -0.2) is 13.6 Å². The van der Waals surface area contributed by atoms with Crippen LogP contribution < -0.4 is 5.32 Å². The zero-order valence-electron chi connectivity index (χ0n) is 27.8. The minimum absolute atomic E-state index is 0.0522. The normalized spacial score (nSPS) is 29.9. The summed E-state index contributed by atoms with van der Waals surface area (Å²) in [6.07, 6.45) is 0.737. The Morgan fingerprint density at radius 2 is 1.61 bits per heavy atom. The second-order valence-electron chi connectivity index (χ2n) is 15.5. The van der Waals surface area contributed by atoms with Gasteiger partial charge in [-0.3, -0.25) is 19.0 Å². The fraction of sp³-hybridized carbons (Fsp3) is 0.735. The third-order valence-electron chi connectivity index (χ3n) is 10.3. The van der Waals surface area contributed by atoms with Gasteiger partial charge < -0.3 is 10.2 Å². The number of carbonyl (C=O) groups is 3. The fourth-order valence-electron chi connectivity index (χ4n) is 7.71. The van der Waals surface area contributed by atoms with Gasteiger partial charge in [0.15, 0.2) is 6.04 Å². The number of nitrogens with zero attached hydrogens (tertiary/aromatic N) is 3. The summed E-state index contributed by atoms with van der Waals surface area (Å²) in [5, 5.41) is 3.53. The number of rotatable bonds is 6. The number of amides is 3. The summed E-state index contributed by atoms with van der Waals surface area (Å²) in [5.41, 5.74) is -0.940. The van der Waals surface area contributed by atoms with Crippen LogP contribution in [0.1, 0.15) is 92.6 Å². The Labute approximate surface area is 267 Å². The minimum atomic E-state index is -2.74. The van der Waals surface area contributed by atoms with Crippen LogP contribution in [0.5, 0.6) is 0 Å². The topological polar surface area (TPSA) is 69.7 Å². The van der Waals surface area contributed by atoms with E-state index in [9.17, 15) is 18.4 Å². The molecule has 1 saturated carbocycles. The molecule has 4 rings (SSSR count). The molecule has 0 aromatic heterocycles. The molecule has 10 heteroatoms. The van der Waals surface area contributed by atoms with Crippen molar-refractivity contribution in [1.29, 1.82) is 0 Å². The first-order valence-electron chi connectivity index (χ1n) is 16.1. The van der Waals surface area contributed by atoms with Crippen molar-refractivity contribution in [3.05, 3.63) is 34.9 Å². The molecule has 3 amide bonds. The van der Waals surface area contributed by atoms with E-state index in [1.165, 1.54) is 0 Å². The van der Waals surface area contributed by atoms with Gasteiger partial charge in [0.05, 0.1) is 13.1 Å². The molecule has 2 heterocycles.